The molecule has 0 radical (unpaired) electrons. The van der Waals surface area contributed by atoms with E-state index in [4.69, 9.17) is 18.0 Å². The average molecular weight is 304 g/mol. The molecule has 1 aromatic heterocycles. The Morgan fingerprint density at radius 2 is 2.44 bits per heavy atom. The number of hydrogen-bond donors (Lipinski definition) is 1. The summed E-state index contributed by atoms with van der Waals surface area (Å²) in [6.07, 6.45) is 0.688. The molecule has 0 saturated heterocycles. The van der Waals surface area contributed by atoms with Gasteiger partial charge in [-0.25, -0.2) is 9.78 Å². The first-order valence-corrected chi connectivity index (χ1v) is 5.65. The van der Waals surface area contributed by atoms with Gasteiger partial charge < -0.3 is 10.5 Å². The van der Waals surface area contributed by atoms with Crippen molar-refractivity contribution in [3.63, 3.8) is 0 Å². The Kier molecular flexibility index (Phi) is 4.63. The van der Waals surface area contributed by atoms with Gasteiger partial charge in [-0.15, -0.1) is 0 Å². The van der Waals surface area contributed by atoms with Crippen LogP contribution < -0.4 is 10.6 Å². The van der Waals surface area contributed by atoms with Crippen LogP contribution in [-0.2, 0) is 4.74 Å². The minimum Gasteiger partial charge on any atom is -0.382 e. The number of amides is 1. The Labute approximate surface area is 107 Å². The molecule has 0 aliphatic carbocycles. The van der Waals surface area contributed by atoms with Crippen LogP contribution in [-0.4, -0.2) is 22.8 Å². The van der Waals surface area contributed by atoms with E-state index in [9.17, 15) is 4.79 Å². The highest BCUT2D eigenvalue weighted by Gasteiger charge is 2.14. The predicted molar refractivity (Wildman–Crippen MR) is 68.2 cm³/mol. The lowest BCUT2D eigenvalue weighted by Crippen LogP contribution is -2.34. The van der Waals surface area contributed by atoms with Crippen LogP contribution in [0.1, 0.15) is 6.92 Å². The summed E-state index contributed by atoms with van der Waals surface area (Å²) in [7, 11) is 0. The molecule has 16 heavy (non-hydrogen) atoms. The van der Waals surface area contributed by atoms with Gasteiger partial charge in [0.05, 0.1) is 0 Å². The van der Waals surface area contributed by atoms with Gasteiger partial charge in [0.25, 0.3) is 5.17 Å². The molecule has 1 amide bonds. The molecule has 0 aromatic carbocycles. The normalized spacial score (nSPS) is 9.62. The Balaban J connectivity index is 2.89. The molecule has 0 aliphatic heterocycles. The predicted octanol–water partition coefficient (Wildman–Crippen LogP) is 2.05. The Bertz CT molecular complexity index is 413. The standard InChI is InChI=1S/C9H10BrN3O2S/c1-2-13(9(16)15-8(11)14)7-5-6(10)3-4-12-7/h3-5H,2H2,1H3,(H2,11,14). The molecule has 1 rings (SSSR count). The number of primary amides is 1. The number of hydrogen-bond acceptors (Lipinski definition) is 4. The Morgan fingerprint density at radius 1 is 1.75 bits per heavy atom. The summed E-state index contributed by atoms with van der Waals surface area (Å²) in [5.41, 5.74) is 4.89. The summed E-state index contributed by atoms with van der Waals surface area (Å²) >= 11 is 8.24. The molecule has 7 heteroatoms. The van der Waals surface area contributed by atoms with Crippen LogP contribution >= 0.6 is 28.1 Å². The number of carbonyl (C=O) groups is 1. The van der Waals surface area contributed by atoms with Gasteiger partial charge in [-0.1, -0.05) is 15.9 Å². The molecule has 0 fully saturated rings. The largest absolute Gasteiger partial charge is 0.411 e. The van der Waals surface area contributed by atoms with E-state index in [2.05, 4.69) is 25.7 Å². The van der Waals surface area contributed by atoms with E-state index in [-0.39, 0.29) is 5.17 Å². The number of pyridine rings is 1. The second-order valence-electron chi connectivity index (χ2n) is 2.76. The van der Waals surface area contributed by atoms with E-state index in [0.717, 1.165) is 4.47 Å². The molecule has 0 unspecified atom stereocenters. The molecule has 2 N–H and O–H groups in total. The van der Waals surface area contributed by atoms with E-state index in [1.807, 2.05) is 6.92 Å². The highest BCUT2D eigenvalue weighted by molar-refractivity contribution is 9.10. The van der Waals surface area contributed by atoms with Crippen molar-refractivity contribution in [3.05, 3.63) is 22.8 Å². The van der Waals surface area contributed by atoms with Crippen molar-refractivity contribution in [1.29, 1.82) is 0 Å². The second-order valence-corrected chi connectivity index (χ2v) is 4.03. The van der Waals surface area contributed by atoms with Gasteiger partial charge in [-0.3, -0.25) is 4.90 Å². The number of halogens is 1. The van der Waals surface area contributed by atoms with Crippen LogP contribution in [0.25, 0.3) is 0 Å². The molecule has 0 atom stereocenters. The molecular formula is C9H10BrN3O2S. The molecule has 0 aliphatic rings. The number of rotatable bonds is 2. The van der Waals surface area contributed by atoms with Crippen molar-refractivity contribution in [2.75, 3.05) is 11.4 Å². The highest BCUT2D eigenvalue weighted by atomic mass is 79.9. The van der Waals surface area contributed by atoms with Gasteiger partial charge in [0, 0.05) is 17.2 Å². The third-order valence-electron chi connectivity index (χ3n) is 1.71. The monoisotopic (exact) mass is 303 g/mol. The molecule has 0 spiro atoms. The van der Waals surface area contributed by atoms with Crippen LogP contribution in [0.5, 0.6) is 0 Å². The number of carbonyl (C=O) groups excluding carboxylic acids is 1. The number of ether oxygens (including phenoxy) is 1. The third kappa shape index (κ3) is 3.42. The van der Waals surface area contributed by atoms with Gasteiger partial charge in [0.2, 0.25) is 0 Å². The zero-order chi connectivity index (χ0) is 12.1. The molecule has 5 nitrogen and oxygen atoms in total. The molecule has 1 aromatic rings. The maximum absolute atomic E-state index is 10.6. The first-order chi connectivity index (χ1) is 7.54. The summed E-state index contributed by atoms with van der Waals surface area (Å²) in [5.74, 6) is 0.586. The zero-order valence-corrected chi connectivity index (χ0v) is 10.9. The van der Waals surface area contributed by atoms with Crippen molar-refractivity contribution in [3.8, 4) is 0 Å². The topological polar surface area (TPSA) is 68.5 Å². The molecule has 0 bridgehead atoms. The maximum Gasteiger partial charge on any atom is 0.411 e. The third-order valence-corrected chi connectivity index (χ3v) is 2.51. The maximum atomic E-state index is 10.6. The van der Waals surface area contributed by atoms with E-state index in [0.29, 0.717) is 12.4 Å². The highest BCUT2D eigenvalue weighted by Crippen LogP contribution is 2.17. The summed E-state index contributed by atoms with van der Waals surface area (Å²) < 4.78 is 5.50. The number of nitrogens with two attached hydrogens (primary N) is 1. The van der Waals surface area contributed by atoms with Crippen molar-refractivity contribution in [1.82, 2.24) is 4.98 Å². The molecule has 1 heterocycles. The van der Waals surface area contributed by atoms with Crippen molar-refractivity contribution in [2.45, 2.75) is 6.92 Å². The molecular weight excluding hydrogens is 294 g/mol. The van der Waals surface area contributed by atoms with E-state index < -0.39 is 6.09 Å². The van der Waals surface area contributed by atoms with Gasteiger partial charge in [0.1, 0.15) is 5.82 Å². The Hall–Kier alpha value is -1.21. The van der Waals surface area contributed by atoms with Crippen molar-refractivity contribution < 1.29 is 9.53 Å². The average Bonchev–Trinajstić information content (AvgIpc) is 2.17. The van der Waals surface area contributed by atoms with Gasteiger partial charge in [-0.2, -0.15) is 0 Å². The lowest BCUT2D eigenvalue weighted by molar-refractivity contribution is 0.208. The second kappa shape index (κ2) is 5.76. The zero-order valence-electron chi connectivity index (χ0n) is 8.51. The fourth-order valence-electron chi connectivity index (χ4n) is 1.07. The smallest absolute Gasteiger partial charge is 0.382 e. The van der Waals surface area contributed by atoms with Gasteiger partial charge in [-0.05, 0) is 31.3 Å². The van der Waals surface area contributed by atoms with E-state index in [1.165, 1.54) is 0 Å². The summed E-state index contributed by atoms with van der Waals surface area (Å²) in [6.45, 7) is 2.38. The van der Waals surface area contributed by atoms with Crippen molar-refractivity contribution in [2.24, 2.45) is 5.73 Å². The van der Waals surface area contributed by atoms with Crippen LogP contribution in [0.4, 0.5) is 10.6 Å². The lowest BCUT2D eigenvalue weighted by atomic mass is 10.4. The first kappa shape index (κ1) is 12.9. The summed E-state index contributed by atoms with van der Waals surface area (Å²) in [5, 5.41) is -0.0133. The minimum absolute atomic E-state index is 0.0133. The lowest BCUT2D eigenvalue weighted by Gasteiger charge is -2.20. The van der Waals surface area contributed by atoms with Crippen molar-refractivity contribution >= 4 is 45.2 Å². The van der Waals surface area contributed by atoms with Gasteiger partial charge >= 0.3 is 6.09 Å². The van der Waals surface area contributed by atoms with Crippen LogP contribution in [0.3, 0.4) is 0 Å². The molecule has 0 saturated carbocycles. The minimum atomic E-state index is -0.932. The number of anilines is 1. The number of aromatic nitrogens is 1. The van der Waals surface area contributed by atoms with Crippen LogP contribution in [0, 0.1) is 0 Å². The van der Waals surface area contributed by atoms with Crippen LogP contribution in [0.15, 0.2) is 22.8 Å². The fourth-order valence-corrected chi connectivity index (χ4v) is 1.69. The summed E-state index contributed by atoms with van der Waals surface area (Å²) in [4.78, 5) is 16.3. The number of thiocarbonyl (C=S) groups is 1. The molecule has 86 valence electrons. The van der Waals surface area contributed by atoms with E-state index in [1.54, 1.807) is 23.2 Å². The van der Waals surface area contributed by atoms with Gasteiger partial charge in [0.15, 0.2) is 0 Å². The fraction of sp³-hybridized carbons (Fsp3) is 0.222. The SMILES string of the molecule is CCN(C(=S)OC(N)=O)c1cc(Br)ccn1. The summed E-state index contributed by atoms with van der Waals surface area (Å²) in [6, 6.07) is 3.55. The van der Waals surface area contributed by atoms with Crippen LogP contribution in [0.2, 0.25) is 0 Å². The van der Waals surface area contributed by atoms with E-state index >= 15 is 0 Å². The number of nitrogens with zero attached hydrogens (tertiary/aromatic N) is 2. The first-order valence-electron chi connectivity index (χ1n) is 4.45. The Morgan fingerprint density at radius 3 is 2.94 bits per heavy atom. The quantitative estimate of drug-likeness (QED) is 0.847.